The van der Waals surface area contributed by atoms with E-state index in [0.717, 1.165) is 5.56 Å². The molecule has 1 amide bonds. The molecule has 2 heterocycles. The molecular formula is C23H23N5O6. The standard InChI is InChI=1S/C23H23N5O6/c1-26-13-11-24-22(26)21(16-6-3-4-7-18(16)33-2)25-20(29)8-5-12-27-17-10-9-15(28(31)32)14-19(17)34-23(27)30/h3-4,6-7,9-11,13-14,21H,5,8,12H2,1-2H3,(H,25,29). The quantitative estimate of drug-likeness (QED) is 0.297. The molecule has 0 saturated carbocycles. The molecule has 11 nitrogen and oxygen atoms in total. The fraction of sp³-hybridized carbons (Fsp3) is 0.261. The predicted octanol–water partition coefficient (Wildman–Crippen LogP) is 2.93. The number of aryl methyl sites for hydroxylation is 2. The minimum Gasteiger partial charge on any atom is -0.496 e. The van der Waals surface area contributed by atoms with E-state index in [2.05, 4.69) is 10.3 Å². The van der Waals surface area contributed by atoms with Gasteiger partial charge in [0.2, 0.25) is 5.91 Å². The highest BCUT2D eigenvalue weighted by molar-refractivity contribution is 5.77. The van der Waals surface area contributed by atoms with Crippen molar-refractivity contribution in [2.45, 2.75) is 25.4 Å². The Hall–Kier alpha value is -4.41. The van der Waals surface area contributed by atoms with E-state index in [-0.39, 0.29) is 30.1 Å². The zero-order chi connectivity index (χ0) is 24.2. The maximum Gasteiger partial charge on any atom is 0.419 e. The van der Waals surface area contributed by atoms with Crippen molar-refractivity contribution in [3.05, 3.63) is 86.9 Å². The first-order chi connectivity index (χ1) is 16.4. The highest BCUT2D eigenvalue weighted by Gasteiger charge is 2.24. The Balaban J connectivity index is 1.48. The number of fused-ring (bicyclic) bond motifs is 1. The molecule has 1 unspecified atom stereocenters. The van der Waals surface area contributed by atoms with Gasteiger partial charge in [-0.3, -0.25) is 19.5 Å². The van der Waals surface area contributed by atoms with Crippen LogP contribution in [0.1, 0.15) is 30.3 Å². The number of carbonyl (C=O) groups is 1. The van der Waals surface area contributed by atoms with Gasteiger partial charge in [0, 0.05) is 44.0 Å². The summed E-state index contributed by atoms with van der Waals surface area (Å²) in [5.41, 5.74) is 1.18. The molecule has 0 bridgehead atoms. The van der Waals surface area contributed by atoms with Crippen molar-refractivity contribution in [2.75, 3.05) is 7.11 Å². The van der Waals surface area contributed by atoms with Gasteiger partial charge in [-0.2, -0.15) is 0 Å². The third-order valence-electron chi connectivity index (χ3n) is 5.52. The molecule has 0 aliphatic rings. The van der Waals surface area contributed by atoms with Gasteiger partial charge in [0.1, 0.15) is 17.6 Å². The number of para-hydroxylation sites is 1. The monoisotopic (exact) mass is 465 g/mol. The summed E-state index contributed by atoms with van der Waals surface area (Å²) >= 11 is 0. The van der Waals surface area contributed by atoms with Crippen molar-refractivity contribution in [1.29, 1.82) is 0 Å². The van der Waals surface area contributed by atoms with Crippen molar-refractivity contribution in [2.24, 2.45) is 7.05 Å². The van der Waals surface area contributed by atoms with E-state index >= 15 is 0 Å². The summed E-state index contributed by atoms with van der Waals surface area (Å²) in [7, 11) is 3.41. The van der Waals surface area contributed by atoms with Crippen molar-refractivity contribution in [3.8, 4) is 5.75 Å². The van der Waals surface area contributed by atoms with Crippen LogP contribution in [0.5, 0.6) is 5.75 Å². The highest BCUT2D eigenvalue weighted by atomic mass is 16.6. The Bertz CT molecular complexity index is 1400. The fourth-order valence-corrected chi connectivity index (χ4v) is 3.85. The lowest BCUT2D eigenvalue weighted by atomic mass is 10.0. The lowest BCUT2D eigenvalue weighted by Gasteiger charge is -2.21. The van der Waals surface area contributed by atoms with Crippen LogP contribution < -0.4 is 15.8 Å². The molecule has 34 heavy (non-hydrogen) atoms. The molecule has 0 aliphatic carbocycles. The van der Waals surface area contributed by atoms with E-state index < -0.39 is 16.7 Å². The number of oxazole rings is 1. The van der Waals surface area contributed by atoms with Crippen LogP contribution in [0.25, 0.3) is 11.1 Å². The van der Waals surface area contributed by atoms with Gasteiger partial charge in [-0.1, -0.05) is 18.2 Å². The van der Waals surface area contributed by atoms with E-state index in [4.69, 9.17) is 9.15 Å². The second kappa shape index (κ2) is 9.61. The molecule has 0 fully saturated rings. The smallest absolute Gasteiger partial charge is 0.419 e. The Labute approximate surface area is 193 Å². The molecule has 0 saturated heterocycles. The number of amides is 1. The van der Waals surface area contributed by atoms with Crippen molar-refractivity contribution < 1.29 is 18.9 Å². The van der Waals surface area contributed by atoms with E-state index in [1.54, 1.807) is 19.5 Å². The lowest BCUT2D eigenvalue weighted by molar-refractivity contribution is -0.384. The molecule has 0 radical (unpaired) electrons. The molecule has 0 spiro atoms. The molecule has 11 heteroatoms. The number of nitrogens with one attached hydrogen (secondary N) is 1. The number of aromatic nitrogens is 3. The second-order valence-corrected chi connectivity index (χ2v) is 7.67. The van der Waals surface area contributed by atoms with Gasteiger partial charge in [0.05, 0.1) is 23.6 Å². The Morgan fingerprint density at radius 2 is 2.09 bits per heavy atom. The first-order valence-electron chi connectivity index (χ1n) is 10.6. The third kappa shape index (κ3) is 4.53. The molecular weight excluding hydrogens is 442 g/mol. The Kier molecular flexibility index (Phi) is 6.44. The van der Waals surface area contributed by atoms with Crippen molar-refractivity contribution in [3.63, 3.8) is 0 Å². The molecule has 4 aromatic rings. The topological polar surface area (TPSA) is 134 Å². The zero-order valence-corrected chi connectivity index (χ0v) is 18.6. The van der Waals surface area contributed by atoms with Crippen molar-refractivity contribution >= 4 is 22.7 Å². The summed E-state index contributed by atoms with van der Waals surface area (Å²) in [6.45, 7) is 0.221. The number of hydrogen-bond acceptors (Lipinski definition) is 7. The van der Waals surface area contributed by atoms with Crippen LogP contribution in [0.4, 0.5) is 5.69 Å². The summed E-state index contributed by atoms with van der Waals surface area (Å²) in [5, 5.41) is 14.0. The van der Waals surface area contributed by atoms with Gasteiger partial charge in [-0.05, 0) is 18.6 Å². The van der Waals surface area contributed by atoms with Gasteiger partial charge in [0.15, 0.2) is 5.58 Å². The van der Waals surface area contributed by atoms with Crippen LogP contribution >= 0.6 is 0 Å². The third-order valence-corrected chi connectivity index (χ3v) is 5.52. The number of benzene rings is 2. The average Bonchev–Trinajstić information content (AvgIpc) is 3.39. The first-order valence-corrected chi connectivity index (χ1v) is 10.6. The van der Waals surface area contributed by atoms with Gasteiger partial charge in [-0.25, -0.2) is 9.78 Å². The molecule has 1 N–H and O–H groups in total. The van der Waals surface area contributed by atoms with Gasteiger partial charge >= 0.3 is 5.76 Å². The molecule has 0 aliphatic heterocycles. The molecule has 4 rings (SSSR count). The Morgan fingerprint density at radius 1 is 1.29 bits per heavy atom. The van der Waals surface area contributed by atoms with Crippen LogP contribution in [0.2, 0.25) is 0 Å². The minimum absolute atomic E-state index is 0.134. The number of methoxy groups -OCH3 is 1. The van der Waals surface area contributed by atoms with Crippen LogP contribution in [-0.4, -0.2) is 32.1 Å². The number of hydrogen-bond donors (Lipinski definition) is 1. The van der Waals surface area contributed by atoms with Crippen LogP contribution in [0, 0.1) is 10.1 Å². The SMILES string of the molecule is COc1ccccc1C(NC(=O)CCCn1c(=O)oc2cc([N+](=O)[O-])ccc21)c1nccn1C. The predicted molar refractivity (Wildman–Crippen MR) is 123 cm³/mol. The number of imidazole rings is 1. The molecule has 176 valence electrons. The van der Waals surface area contributed by atoms with Gasteiger partial charge < -0.3 is 19.0 Å². The van der Waals surface area contributed by atoms with E-state index in [9.17, 15) is 19.7 Å². The van der Waals surface area contributed by atoms with Crippen LogP contribution in [-0.2, 0) is 18.4 Å². The first kappa shape index (κ1) is 22.8. The highest BCUT2D eigenvalue weighted by Crippen LogP contribution is 2.29. The molecule has 1 atom stereocenters. The van der Waals surface area contributed by atoms with Crippen LogP contribution in [0.15, 0.2) is 64.1 Å². The number of nitrogens with zero attached hydrogens (tertiary/aromatic N) is 4. The number of rotatable bonds is 9. The maximum atomic E-state index is 12.9. The normalized spacial score (nSPS) is 11.9. The van der Waals surface area contributed by atoms with E-state index in [1.165, 1.54) is 22.8 Å². The maximum absolute atomic E-state index is 12.9. The Morgan fingerprint density at radius 3 is 2.79 bits per heavy atom. The minimum atomic E-state index is -0.629. The number of ether oxygens (including phenoxy) is 1. The fourth-order valence-electron chi connectivity index (χ4n) is 3.85. The summed E-state index contributed by atoms with van der Waals surface area (Å²) in [5.74, 6) is 0.420. The largest absolute Gasteiger partial charge is 0.496 e. The average molecular weight is 465 g/mol. The van der Waals surface area contributed by atoms with E-state index in [1.807, 2.05) is 35.9 Å². The summed E-state index contributed by atoms with van der Waals surface area (Å²) < 4.78 is 13.8. The molecule has 2 aromatic carbocycles. The van der Waals surface area contributed by atoms with E-state index in [0.29, 0.717) is 23.5 Å². The lowest BCUT2D eigenvalue weighted by Crippen LogP contribution is -2.31. The van der Waals surface area contributed by atoms with Crippen molar-refractivity contribution in [1.82, 2.24) is 19.4 Å². The van der Waals surface area contributed by atoms with Crippen LogP contribution in [0.3, 0.4) is 0 Å². The number of nitro benzene ring substituents is 1. The number of non-ortho nitro benzene ring substituents is 1. The zero-order valence-electron chi connectivity index (χ0n) is 18.6. The van der Waals surface area contributed by atoms with Gasteiger partial charge in [-0.15, -0.1) is 0 Å². The summed E-state index contributed by atoms with van der Waals surface area (Å²) in [6.07, 6.45) is 3.95. The summed E-state index contributed by atoms with van der Waals surface area (Å²) in [4.78, 5) is 39.9. The molecule has 2 aromatic heterocycles. The summed E-state index contributed by atoms with van der Waals surface area (Å²) in [6, 6.07) is 10.9. The van der Waals surface area contributed by atoms with Gasteiger partial charge in [0.25, 0.3) is 5.69 Å². The number of carbonyl (C=O) groups excluding carboxylic acids is 1. The second-order valence-electron chi connectivity index (χ2n) is 7.67. The number of nitro groups is 1.